The molecule has 22 heavy (non-hydrogen) atoms. The lowest BCUT2D eigenvalue weighted by Gasteiger charge is -2.14. The van der Waals surface area contributed by atoms with Gasteiger partial charge in [-0.25, -0.2) is 0 Å². The molecule has 0 aliphatic heterocycles. The van der Waals surface area contributed by atoms with Crippen LogP contribution >= 0.6 is 34.8 Å². The molecule has 0 saturated heterocycles. The van der Waals surface area contributed by atoms with E-state index in [1.54, 1.807) is 12.1 Å². The van der Waals surface area contributed by atoms with Gasteiger partial charge in [0.25, 0.3) is 0 Å². The highest BCUT2D eigenvalue weighted by molar-refractivity contribution is 6.36. The van der Waals surface area contributed by atoms with Gasteiger partial charge in [0.05, 0.1) is 21.2 Å². The molecule has 2 rings (SSSR count). The van der Waals surface area contributed by atoms with Crippen LogP contribution in [0.25, 0.3) is 0 Å². The summed E-state index contributed by atoms with van der Waals surface area (Å²) in [6.07, 6.45) is 0. The molecule has 0 heterocycles. The maximum atomic E-state index is 11.9. The van der Waals surface area contributed by atoms with Gasteiger partial charge < -0.3 is 4.74 Å². The summed E-state index contributed by atoms with van der Waals surface area (Å²) in [5.74, 6) is -0.104. The fourth-order valence-corrected chi connectivity index (χ4v) is 2.75. The molecule has 0 atom stereocenters. The summed E-state index contributed by atoms with van der Waals surface area (Å²) >= 11 is 17.9. The Balaban J connectivity index is 2.58. The van der Waals surface area contributed by atoms with Gasteiger partial charge >= 0.3 is 0 Å². The minimum absolute atomic E-state index is 0.131. The molecule has 2 aromatic carbocycles. The molecule has 0 aliphatic carbocycles. The zero-order valence-electron chi connectivity index (χ0n) is 11.7. The van der Waals surface area contributed by atoms with E-state index >= 15 is 0 Å². The molecule has 0 saturated carbocycles. The Kier molecular flexibility index (Phi) is 5.12. The fraction of sp³-hybridized carbons (Fsp3) is 0.125. The highest BCUT2D eigenvalue weighted by atomic mass is 35.5. The summed E-state index contributed by atoms with van der Waals surface area (Å²) in [6.45, 7) is 2.68. The summed E-state index contributed by atoms with van der Waals surface area (Å²) in [5, 5.41) is 0.957. The number of hydrogen-bond donors (Lipinski definition) is 0. The molecule has 2 aromatic rings. The van der Waals surface area contributed by atoms with Crippen LogP contribution in [0.4, 0.5) is 0 Å². The van der Waals surface area contributed by atoms with Crippen molar-refractivity contribution in [3.05, 3.63) is 56.5 Å². The lowest BCUT2D eigenvalue weighted by Crippen LogP contribution is -2.07. The summed E-state index contributed by atoms with van der Waals surface area (Å²) in [4.78, 5) is 23.7. The van der Waals surface area contributed by atoms with E-state index in [1.807, 2.05) is 0 Å². The maximum absolute atomic E-state index is 11.9. The number of carbonyl (C=O) groups excluding carboxylic acids is 2. The van der Waals surface area contributed by atoms with E-state index in [-0.39, 0.29) is 33.5 Å². The minimum atomic E-state index is -0.326. The normalized spacial score (nSPS) is 10.4. The predicted octanol–water partition coefficient (Wildman–Crippen LogP) is 5.84. The van der Waals surface area contributed by atoms with Gasteiger partial charge in [-0.1, -0.05) is 34.8 Å². The predicted molar refractivity (Wildman–Crippen MR) is 88.0 cm³/mol. The third-order valence-electron chi connectivity index (χ3n) is 2.93. The molecule has 0 aromatic heterocycles. The van der Waals surface area contributed by atoms with Gasteiger partial charge in [-0.3, -0.25) is 9.59 Å². The minimum Gasteiger partial charge on any atom is -0.455 e. The first-order chi connectivity index (χ1) is 10.3. The van der Waals surface area contributed by atoms with E-state index in [4.69, 9.17) is 39.5 Å². The summed E-state index contributed by atoms with van der Waals surface area (Å²) < 4.78 is 5.68. The van der Waals surface area contributed by atoms with Crippen LogP contribution in [-0.2, 0) is 0 Å². The Labute approximate surface area is 142 Å². The highest BCUT2D eigenvalue weighted by Gasteiger charge is 2.21. The molecule has 114 valence electrons. The van der Waals surface area contributed by atoms with Crippen LogP contribution < -0.4 is 4.74 Å². The third kappa shape index (κ3) is 3.43. The zero-order valence-corrected chi connectivity index (χ0v) is 14.0. The second-order valence-corrected chi connectivity index (χ2v) is 5.84. The van der Waals surface area contributed by atoms with E-state index in [0.29, 0.717) is 15.8 Å². The Hall–Kier alpha value is -1.55. The molecular formula is C16H11Cl3O3. The van der Waals surface area contributed by atoms with Gasteiger partial charge in [0.1, 0.15) is 11.5 Å². The first kappa shape index (κ1) is 16.8. The van der Waals surface area contributed by atoms with Crippen LogP contribution in [0.5, 0.6) is 11.5 Å². The number of ether oxygens (including phenoxy) is 1. The zero-order chi connectivity index (χ0) is 16.4. The van der Waals surface area contributed by atoms with Crippen LogP contribution in [0.2, 0.25) is 15.1 Å². The first-order valence-corrected chi connectivity index (χ1v) is 7.42. The topological polar surface area (TPSA) is 43.4 Å². The SMILES string of the molecule is CC(=O)c1c(Cl)ccc(Oc2ccc(Cl)cc2Cl)c1C(C)=O. The van der Waals surface area contributed by atoms with Gasteiger partial charge in [-0.05, 0) is 44.2 Å². The Bertz CT molecular complexity index is 769. The van der Waals surface area contributed by atoms with Crippen LogP contribution in [0.15, 0.2) is 30.3 Å². The molecule has 0 spiro atoms. The van der Waals surface area contributed by atoms with Gasteiger partial charge in [0.15, 0.2) is 11.6 Å². The van der Waals surface area contributed by atoms with Crippen molar-refractivity contribution in [2.24, 2.45) is 0 Å². The monoisotopic (exact) mass is 356 g/mol. The molecule has 0 fully saturated rings. The molecule has 0 bridgehead atoms. The number of ketones is 2. The quantitative estimate of drug-likeness (QED) is 0.645. The lowest BCUT2D eigenvalue weighted by molar-refractivity contribution is 0.0979. The van der Waals surface area contributed by atoms with Gasteiger partial charge in [0.2, 0.25) is 0 Å². The standard InChI is InChI=1S/C16H11Cl3O3/c1-8(20)15-11(18)4-6-14(16(15)9(2)21)22-13-5-3-10(17)7-12(13)19/h3-7H,1-2H3. The van der Waals surface area contributed by atoms with Crippen molar-refractivity contribution in [1.29, 1.82) is 0 Å². The first-order valence-electron chi connectivity index (χ1n) is 6.28. The highest BCUT2D eigenvalue weighted by Crippen LogP contribution is 2.36. The summed E-state index contributed by atoms with van der Waals surface area (Å²) in [7, 11) is 0. The van der Waals surface area contributed by atoms with E-state index in [9.17, 15) is 9.59 Å². The number of Topliss-reactive ketones (excluding diaryl/α,β-unsaturated/α-hetero) is 2. The fourth-order valence-electron chi connectivity index (χ4n) is 2.01. The van der Waals surface area contributed by atoms with Gasteiger partial charge in [-0.15, -0.1) is 0 Å². The van der Waals surface area contributed by atoms with Gasteiger partial charge in [-0.2, -0.15) is 0 Å². The molecule has 0 N–H and O–H groups in total. The van der Waals surface area contributed by atoms with Crippen molar-refractivity contribution in [2.75, 3.05) is 0 Å². The van der Waals surface area contributed by atoms with Crippen molar-refractivity contribution in [3.8, 4) is 11.5 Å². The maximum Gasteiger partial charge on any atom is 0.164 e. The lowest BCUT2D eigenvalue weighted by atomic mass is 10.00. The van der Waals surface area contributed by atoms with Crippen LogP contribution in [0, 0.1) is 0 Å². The smallest absolute Gasteiger partial charge is 0.164 e. The van der Waals surface area contributed by atoms with Crippen LogP contribution in [0.3, 0.4) is 0 Å². The molecule has 0 aliphatic rings. The van der Waals surface area contributed by atoms with Crippen molar-refractivity contribution < 1.29 is 14.3 Å². The van der Waals surface area contributed by atoms with E-state index < -0.39 is 0 Å². The van der Waals surface area contributed by atoms with E-state index in [1.165, 1.54) is 32.0 Å². The summed E-state index contributed by atoms with van der Waals surface area (Å²) in [5.41, 5.74) is 0.266. The second-order valence-electron chi connectivity index (χ2n) is 4.58. The number of benzene rings is 2. The molecule has 0 amide bonds. The number of carbonyl (C=O) groups is 2. The van der Waals surface area contributed by atoms with Crippen molar-refractivity contribution in [2.45, 2.75) is 13.8 Å². The molecular weight excluding hydrogens is 347 g/mol. The largest absolute Gasteiger partial charge is 0.455 e. The number of rotatable bonds is 4. The molecule has 0 unspecified atom stereocenters. The van der Waals surface area contributed by atoms with Crippen LogP contribution in [0.1, 0.15) is 34.6 Å². The molecule has 3 nitrogen and oxygen atoms in total. The number of hydrogen-bond acceptors (Lipinski definition) is 3. The second kappa shape index (κ2) is 6.69. The molecule has 0 radical (unpaired) electrons. The van der Waals surface area contributed by atoms with E-state index in [0.717, 1.165) is 0 Å². The number of halogens is 3. The third-order valence-corrected chi connectivity index (χ3v) is 3.78. The van der Waals surface area contributed by atoms with Crippen molar-refractivity contribution >= 4 is 46.4 Å². The van der Waals surface area contributed by atoms with Crippen molar-refractivity contribution in [3.63, 3.8) is 0 Å². The van der Waals surface area contributed by atoms with Gasteiger partial charge in [0, 0.05) is 5.02 Å². The van der Waals surface area contributed by atoms with E-state index in [2.05, 4.69) is 0 Å². The molecule has 6 heteroatoms. The Morgan fingerprint density at radius 3 is 1.95 bits per heavy atom. The Morgan fingerprint density at radius 1 is 0.818 bits per heavy atom. The Morgan fingerprint density at radius 2 is 1.41 bits per heavy atom. The summed E-state index contributed by atoms with van der Waals surface area (Å²) in [6, 6.07) is 7.74. The average molecular weight is 358 g/mol. The average Bonchev–Trinajstić information content (AvgIpc) is 2.42. The van der Waals surface area contributed by atoms with Crippen LogP contribution in [-0.4, -0.2) is 11.6 Å². The van der Waals surface area contributed by atoms with Crippen molar-refractivity contribution in [1.82, 2.24) is 0 Å².